The zero-order valence-electron chi connectivity index (χ0n) is 23.0. The van der Waals surface area contributed by atoms with Gasteiger partial charge in [-0.25, -0.2) is 0 Å². The quantitative estimate of drug-likeness (QED) is 0.304. The van der Waals surface area contributed by atoms with E-state index in [1.54, 1.807) is 0 Å². The summed E-state index contributed by atoms with van der Waals surface area (Å²) in [5.74, 6) is 0.768. The zero-order chi connectivity index (χ0) is 26.4. The molecule has 2 N–H and O–H groups in total. The molecule has 0 aliphatic carbocycles. The first-order chi connectivity index (χ1) is 15.5. The smallest absolute Gasteiger partial charge is 0.242 e. The van der Waals surface area contributed by atoms with Crippen LogP contribution in [-0.4, -0.2) is 70.6 Å². The third-order valence-electron chi connectivity index (χ3n) is 4.29. The molecule has 0 saturated carbocycles. The molecular formula is C25H52N2O5S. The van der Waals surface area contributed by atoms with Gasteiger partial charge in [-0.2, -0.15) is 0 Å². The summed E-state index contributed by atoms with van der Waals surface area (Å²) in [5.41, 5.74) is -0.209. The van der Waals surface area contributed by atoms with Crippen LogP contribution in [0.5, 0.6) is 0 Å². The minimum atomic E-state index is -0.304. The lowest BCUT2D eigenvalue weighted by atomic mass is 10.1. The first-order valence-corrected chi connectivity index (χ1v) is 13.5. The Balaban J connectivity index is -0.000000862. The highest BCUT2D eigenvalue weighted by molar-refractivity contribution is 8.00. The summed E-state index contributed by atoms with van der Waals surface area (Å²) in [4.78, 5) is 36.4. The molecule has 3 amide bonds. The van der Waals surface area contributed by atoms with E-state index in [0.717, 1.165) is 31.6 Å². The summed E-state index contributed by atoms with van der Waals surface area (Å²) >= 11 is 1.53. The number of hydrogen-bond acceptors (Lipinski definition) is 6. The lowest BCUT2D eigenvalue weighted by Gasteiger charge is -2.25. The van der Waals surface area contributed by atoms with Crippen molar-refractivity contribution in [1.29, 1.82) is 0 Å². The van der Waals surface area contributed by atoms with E-state index in [9.17, 15) is 14.4 Å². The standard InChI is InChI=1S/C17H30N2O4S.C4H10O.2C2H6/c1-5-6-10-23-17(3,4)7-11-24-14-12-15(21)19(16(14)22)9-8-18-13(2)20;1-4(2)3-5;2*1-2/h14H,5-12H2,1-4H3,(H,18,20);4-5H,3H2,1-2H3;2*1-2H3. The van der Waals surface area contributed by atoms with E-state index in [2.05, 4.69) is 26.1 Å². The average molecular weight is 493 g/mol. The number of aliphatic hydroxyl groups excluding tert-OH is 1. The Morgan fingerprint density at radius 3 is 2.24 bits per heavy atom. The molecule has 0 aromatic heterocycles. The number of carbonyl (C=O) groups excluding carboxylic acids is 3. The third kappa shape index (κ3) is 20.0. The zero-order valence-corrected chi connectivity index (χ0v) is 23.8. The van der Waals surface area contributed by atoms with E-state index in [-0.39, 0.29) is 41.5 Å². The summed E-state index contributed by atoms with van der Waals surface area (Å²) in [6.07, 6.45) is 3.25. The van der Waals surface area contributed by atoms with E-state index < -0.39 is 0 Å². The van der Waals surface area contributed by atoms with E-state index in [0.29, 0.717) is 19.1 Å². The lowest BCUT2D eigenvalue weighted by Crippen LogP contribution is -2.38. The van der Waals surface area contributed by atoms with Crippen molar-refractivity contribution in [3.05, 3.63) is 0 Å². The molecule has 33 heavy (non-hydrogen) atoms. The minimum absolute atomic E-state index is 0.139. The molecule has 1 saturated heterocycles. The molecule has 1 heterocycles. The Bertz CT molecular complexity index is 513. The Labute approximate surface area is 207 Å². The van der Waals surface area contributed by atoms with Crippen molar-refractivity contribution in [2.45, 2.75) is 106 Å². The average Bonchev–Trinajstić information content (AvgIpc) is 3.04. The van der Waals surface area contributed by atoms with Gasteiger partial charge in [0, 0.05) is 39.6 Å². The van der Waals surface area contributed by atoms with Gasteiger partial charge in [0.05, 0.1) is 10.9 Å². The predicted molar refractivity (Wildman–Crippen MR) is 140 cm³/mol. The van der Waals surface area contributed by atoms with Crippen LogP contribution in [0.25, 0.3) is 0 Å². The number of hydrogen-bond donors (Lipinski definition) is 2. The highest BCUT2D eigenvalue weighted by Crippen LogP contribution is 2.28. The molecule has 0 spiro atoms. The van der Waals surface area contributed by atoms with E-state index in [1.165, 1.54) is 23.6 Å². The fourth-order valence-corrected chi connectivity index (χ4v) is 3.80. The first kappa shape index (κ1) is 36.4. The number of rotatable bonds is 12. The van der Waals surface area contributed by atoms with Gasteiger partial charge >= 0.3 is 0 Å². The second kappa shape index (κ2) is 22.7. The second-order valence-corrected chi connectivity index (χ2v) is 9.53. The molecule has 8 heteroatoms. The van der Waals surface area contributed by atoms with E-state index in [4.69, 9.17) is 9.84 Å². The fourth-order valence-electron chi connectivity index (χ4n) is 2.37. The molecule has 198 valence electrons. The second-order valence-electron chi connectivity index (χ2n) is 8.22. The van der Waals surface area contributed by atoms with Gasteiger partial charge < -0.3 is 15.2 Å². The number of unbranched alkanes of at least 4 members (excludes halogenated alkanes) is 1. The summed E-state index contributed by atoms with van der Waals surface area (Å²) in [6, 6.07) is 0. The van der Waals surface area contributed by atoms with Gasteiger partial charge in [-0.05, 0) is 38.4 Å². The van der Waals surface area contributed by atoms with Crippen molar-refractivity contribution in [3.8, 4) is 0 Å². The maximum absolute atomic E-state index is 12.3. The summed E-state index contributed by atoms with van der Waals surface area (Å²) < 4.78 is 5.86. The highest BCUT2D eigenvalue weighted by Gasteiger charge is 2.38. The van der Waals surface area contributed by atoms with E-state index in [1.807, 2.05) is 41.5 Å². The summed E-state index contributed by atoms with van der Waals surface area (Å²) in [6.45, 7) is 21.2. The van der Waals surface area contributed by atoms with Gasteiger partial charge in [0.2, 0.25) is 17.7 Å². The number of nitrogens with zero attached hydrogens (tertiary/aromatic N) is 1. The highest BCUT2D eigenvalue weighted by atomic mass is 32.2. The number of ether oxygens (including phenoxy) is 1. The number of nitrogens with one attached hydrogen (secondary N) is 1. The maximum atomic E-state index is 12.3. The van der Waals surface area contributed by atoms with Crippen LogP contribution in [-0.2, 0) is 19.1 Å². The Kier molecular flexibility index (Phi) is 25.0. The topological polar surface area (TPSA) is 95.9 Å². The molecule has 0 radical (unpaired) electrons. The number of carbonyl (C=O) groups is 3. The van der Waals surface area contributed by atoms with Gasteiger partial charge in [0.1, 0.15) is 0 Å². The van der Waals surface area contributed by atoms with Crippen molar-refractivity contribution in [3.63, 3.8) is 0 Å². The van der Waals surface area contributed by atoms with Crippen LogP contribution in [0.1, 0.15) is 94.9 Å². The number of imide groups is 1. The normalized spacial score (nSPS) is 15.2. The molecule has 1 rings (SSSR count). The van der Waals surface area contributed by atoms with Crippen molar-refractivity contribution in [2.24, 2.45) is 5.92 Å². The Hall–Kier alpha value is -1.12. The number of amides is 3. The molecule has 0 aromatic carbocycles. The SMILES string of the molecule is CC.CC.CC(C)CO.CCCCOC(C)(C)CCSC1CC(=O)N(CCNC(C)=O)C1=O. The minimum Gasteiger partial charge on any atom is -0.396 e. The van der Waals surface area contributed by atoms with Gasteiger partial charge in [-0.1, -0.05) is 54.9 Å². The molecule has 7 nitrogen and oxygen atoms in total. The largest absolute Gasteiger partial charge is 0.396 e. The molecule has 1 atom stereocenters. The van der Waals surface area contributed by atoms with Crippen molar-refractivity contribution < 1.29 is 24.2 Å². The van der Waals surface area contributed by atoms with Crippen molar-refractivity contribution in [1.82, 2.24) is 10.2 Å². The monoisotopic (exact) mass is 492 g/mol. The molecule has 1 fully saturated rings. The van der Waals surface area contributed by atoms with Crippen LogP contribution < -0.4 is 5.32 Å². The summed E-state index contributed by atoms with van der Waals surface area (Å²) in [5, 5.41) is 10.4. The van der Waals surface area contributed by atoms with Crippen LogP contribution in [0.15, 0.2) is 0 Å². The maximum Gasteiger partial charge on any atom is 0.242 e. The molecule has 0 aromatic rings. The number of thioether (sulfide) groups is 1. The van der Waals surface area contributed by atoms with Crippen LogP contribution in [0.3, 0.4) is 0 Å². The van der Waals surface area contributed by atoms with Crippen molar-refractivity contribution in [2.75, 3.05) is 32.1 Å². The molecule has 0 bridgehead atoms. The van der Waals surface area contributed by atoms with Crippen LogP contribution >= 0.6 is 11.8 Å². The summed E-state index contributed by atoms with van der Waals surface area (Å²) in [7, 11) is 0. The molecular weight excluding hydrogens is 440 g/mol. The van der Waals surface area contributed by atoms with Gasteiger partial charge in [-0.15, -0.1) is 11.8 Å². The van der Waals surface area contributed by atoms with Gasteiger partial charge in [-0.3, -0.25) is 19.3 Å². The number of likely N-dealkylation sites (tertiary alicyclic amines) is 1. The molecule has 1 aliphatic heterocycles. The van der Waals surface area contributed by atoms with Gasteiger partial charge in [0.15, 0.2) is 0 Å². The third-order valence-corrected chi connectivity index (χ3v) is 5.50. The van der Waals surface area contributed by atoms with Crippen LogP contribution in [0.2, 0.25) is 0 Å². The molecule has 1 unspecified atom stereocenters. The Morgan fingerprint density at radius 1 is 1.24 bits per heavy atom. The Morgan fingerprint density at radius 2 is 1.79 bits per heavy atom. The lowest BCUT2D eigenvalue weighted by molar-refractivity contribution is -0.138. The number of aliphatic hydroxyl groups is 1. The fraction of sp³-hybridized carbons (Fsp3) is 0.880. The first-order valence-electron chi connectivity index (χ1n) is 12.5. The van der Waals surface area contributed by atoms with Crippen molar-refractivity contribution >= 4 is 29.5 Å². The van der Waals surface area contributed by atoms with Gasteiger partial charge in [0.25, 0.3) is 0 Å². The van der Waals surface area contributed by atoms with E-state index >= 15 is 0 Å². The molecule has 1 aliphatic rings. The predicted octanol–water partition coefficient (Wildman–Crippen LogP) is 4.66. The van der Waals surface area contributed by atoms with Crippen LogP contribution in [0, 0.1) is 5.92 Å². The van der Waals surface area contributed by atoms with Crippen LogP contribution in [0.4, 0.5) is 0 Å².